The van der Waals surface area contributed by atoms with E-state index >= 15 is 0 Å². The summed E-state index contributed by atoms with van der Waals surface area (Å²) in [6.45, 7) is 1.94. The summed E-state index contributed by atoms with van der Waals surface area (Å²) in [4.78, 5) is 4.16. The zero-order valence-corrected chi connectivity index (χ0v) is 12.0. The first kappa shape index (κ1) is 13.4. The molecule has 1 N–H and O–H groups in total. The monoisotopic (exact) mass is 290 g/mol. The fraction of sp³-hybridized carbons (Fsp3) is 0.312. The molecule has 1 fully saturated rings. The second kappa shape index (κ2) is 5.41. The normalized spacial score (nSPS) is 15.9. The third-order valence-corrected chi connectivity index (χ3v) is 4.05. The minimum absolute atomic E-state index is 0.202. The number of hydrogen-bond acceptors (Lipinski definition) is 2. The Morgan fingerprint density at radius 2 is 2.00 bits per heavy atom. The van der Waals surface area contributed by atoms with E-state index < -0.39 is 0 Å². The van der Waals surface area contributed by atoms with Crippen LogP contribution in [-0.4, -0.2) is 4.98 Å². The second-order valence-electron chi connectivity index (χ2n) is 5.34. The minimum Gasteiger partial charge on any atom is -0.377 e. The molecule has 0 amide bonds. The van der Waals surface area contributed by atoms with Crippen molar-refractivity contribution in [3.63, 3.8) is 0 Å². The average molecular weight is 291 g/mol. The molecule has 1 saturated carbocycles. The van der Waals surface area contributed by atoms with E-state index in [-0.39, 0.29) is 11.9 Å². The molecule has 20 heavy (non-hydrogen) atoms. The van der Waals surface area contributed by atoms with Crippen LogP contribution in [0.2, 0.25) is 5.15 Å². The van der Waals surface area contributed by atoms with Crippen molar-refractivity contribution >= 4 is 17.3 Å². The van der Waals surface area contributed by atoms with Gasteiger partial charge in [0.05, 0.1) is 17.9 Å². The minimum atomic E-state index is -0.202. The van der Waals surface area contributed by atoms with Crippen molar-refractivity contribution in [1.29, 1.82) is 0 Å². The van der Waals surface area contributed by atoms with Crippen molar-refractivity contribution in [2.45, 2.75) is 25.8 Å². The van der Waals surface area contributed by atoms with E-state index in [4.69, 9.17) is 11.6 Å². The zero-order chi connectivity index (χ0) is 14.1. The first-order valence-electron chi connectivity index (χ1n) is 6.77. The third-order valence-electron chi connectivity index (χ3n) is 3.66. The lowest BCUT2D eigenvalue weighted by atomic mass is 10.0. The van der Waals surface area contributed by atoms with E-state index in [1.165, 1.54) is 25.0 Å². The fourth-order valence-electron chi connectivity index (χ4n) is 2.39. The average Bonchev–Trinajstić information content (AvgIpc) is 3.26. The topological polar surface area (TPSA) is 24.9 Å². The molecular weight excluding hydrogens is 275 g/mol. The maximum Gasteiger partial charge on any atom is 0.132 e. The van der Waals surface area contributed by atoms with Gasteiger partial charge < -0.3 is 5.32 Å². The van der Waals surface area contributed by atoms with Crippen molar-refractivity contribution in [1.82, 2.24) is 4.98 Å². The van der Waals surface area contributed by atoms with Crippen molar-refractivity contribution < 1.29 is 4.39 Å². The SMILES string of the molecule is Cc1cc(NC(c2ccc(F)cc2)C2CC2)cnc1Cl. The molecular formula is C16H16ClFN2. The van der Waals surface area contributed by atoms with Gasteiger partial charge in [-0.1, -0.05) is 23.7 Å². The predicted molar refractivity (Wildman–Crippen MR) is 79.5 cm³/mol. The van der Waals surface area contributed by atoms with Crippen LogP contribution in [0.1, 0.15) is 30.0 Å². The van der Waals surface area contributed by atoms with Gasteiger partial charge >= 0.3 is 0 Å². The van der Waals surface area contributed by atoms with Crippen molar-refractivity contribution in [3.05, 3.63) is 58.6 Å². The van der Waals surface area contributed by atoms with Crippen LogP contribution in [0.25, 0.3) is 0 Å². The summed E-state index contributed by atoms with van der Waals surface area (Å²) in [6.07, 6.45) is 4.15. The van der Waals surface area contributed by atoms with E-state index in [2.05, 4.69) is 10.3 Å². The Morgan fingerprint density at radius 3 is 2.60 bits per heavy atom. The Hall–Kier alpha value is -1.61. The van der Waals surface area contributed by atoms with Gasteiger partial charge in [0.25, 0.3) is 0 Å². The number of anilines is 1. The number of aromatic nitrogens is 1. The molecule has 4 heteroatoms. The van der Waals surface area contributed by atoms with Crippen molar-refractivity contribution in [3.8, 4) is 0 Å². The van der Waals surface area contributed by atoms with E-state index in [0.29, 0.717) is 11.1 Å². The molecule has 2 aromatic rings. The Bertz CT molecular complexity index is 608. The van der Waals surface area contributed by atoms with Gasteiger partial charge in [-0.25, -0.2) is 9.37 Å². The van der Waals surface area contributed by atoms with Gasteiger partial charge in [0.15, 0.2) is 0 Å². The lowest BCUT2D eigenvalue weighted by Crippen LogP contribution is -2.13. The number of nitrogens with one attached hydrogen (secondary N) is 1. The highest BCUT2D eigenvalue weighted by atomic mass is 35.5. The number of nitrogens with zero attached hydrogens (tertiary/aromatic N) is 1. The quantitative estimate of drug-likeness (QED) is 0.822. The summed E-state index contributed by atoms with van der Waals surface area (Å²) in [7, 11) is 0. The fourth-order valence-corrected chi connectivity index (χ4v) is 2.49. The maximum absolute atomic E-state index is 13.0. The summed E-state index contributed by atoms with van der Waals surface area (Å²) in [6, 6.07) is 8.92. The second-order valence-corrected chi connectivity index (χ2v) is 5.70. The summed E-state index contributed by atoms with van der Waals surface area (Å²) >= 11 is 5.95. The molecule has 1 aromatic heterocycles. The van der Waals surface area contributed by atoms with E-state index in [9.17, 15) is 4.39 Å². The number of rotatable bonds is 4. The van der Waals surface area contributed by atoms with E-state index in [1.54, 1.807) is 6.20 Å². The van der Waals surface area contributed by atoms with Crippen LogP contribution in [0.15, 0.2) is 36.5 Å². The zero-order valence-electron chi connectivity index (χ0n) is 11.2. The molecule has 1 atom stereocenters. The molecule has 1 aromatic carbocycles. The Labute approximate surface area is 123 Å². The van der Waals surface area contributed by atoms with Crippen LogP contribution in [0.4, 0.5) is 10.1 Å². The van der Waals surface area contributed by atoms with Crippen LogP contribution in [-0.2, 0) is 0 Å². The van der Waals surface area contributed by atoms with Crippen LogP contribution < -0.4 is 5.32 Å². The molecule has 0 radical (unpaired) electrons. The molecule has 0 spiro atoms. The first-order valence-corrected chi connectivity index (χ1v) is 7.15. The van der Waals surface area contributed by atoms with Gasteiger partial charge in [0.1, 0.15) is 11.0 Å². The van der Waals surface area contributed by atoms with Gasteiger partial charge in [-0.3, -0.25) is 0 Å². The van der Waals surface area contributed by atoms with E-state index in [1.807, 2.05) is 25.1 Å². The highest BCUT2D eigenvalue weighted by molar-refractivity contribution is 6.30. The smallest absolute Gasteiger partial charge is 0.132 e. The highest BCUT2D eigenvalue weighted by Crippen LogP contribution is 2.43. The molecule has 0 saturated heterocycles. The lowest BCUT2D eigenvalue weighted by molar-refractivity contribution is 0.622. The summed E-state index contributed by atoms with van der Waals surface area (Å²) in [5, 5.41) is 4.03. The Balaban J connectivity index is 1.84. The largest absolute Gasteiger partial charge is 0.377 e. The Morgan fingerprint density at radius 1 is 1.30 bits per heavy atom. The van der Waals surface area contributed by atoms with Crippen LogP contribution in [0.3, 0.4) is 0 Å². The maximum atomic E-state index is 13.0. The van der Waals surface area contributed by atoms with Crippen LogP contribution >= 0.6 is 11.6 Å². The number of benzene rings is 1. The van der Waals surface area contributed by atoms with Gasteiger partial charge in [-0.15, -0.1) is 0 Å². The predicted octanol–water partition coefficient (Wildman–Crippen LogP) is 4.75. The molecule has 0 bridgehead atoms. The van der Waals surface area contributed by atoms with Crippen molar-refractivity contribution in [2.75, 3.05) is 5.32 Å². The molecule has 1 heterocycles. The molecule has 0 aliphatic heterocycles. The summed E-state index contributed by atoms with van der Waals surface area (Å²) < 4.78 is 13.0. The van der Waals surface area contributed by atoms with Gasteiger partial charge in [-0.05, 0) is 55.0 Å². The van der Waals surface area contributed by atoms with Gasteiger partial charge in [-0.2, -0.15) is 0 Å². The summed E-state index contributed by atoms with van der Waals surface area (Å²) in [5.41, 5.74) is 3.01. The molecule has 1 unspecified atom stereocenters. The van der Waals surface area contributed by atoms with Crippen LogP contribution in [0, 0.1) is 18.7 Å². The number of hydrogen-bond donors (Lipinski definition) is 1. The number of pyridine rings is 1. The third kappa shape index (κ3) is 2.93. The molecule has 104 valence electrons. The summed E-state index contributed by atoms with van der Waals surface area (Å²) in [5.74, 6) is 0.406. The molecule has 1 aliphatic carbocycles. The van der Waals surface area contributed by atoms with Crippen molar-refractivity contribution in [2.24, 2.45) is 5.92 Å². The van der Waals surface area contributed by atoms with Gasteiger partial charge in [0, 0.05) is 0 Å². The van der Waals surface area contributed by atoms with E-state index in [0.717, 1.165) is 16.8 Å². The number of halogens is 2. The molecule has 1 aliphatic rings. The standard InChI is InChI=1S/C16H16ClFN2/c1-10-8-14(9-19-16(10)17)20-15(11-2-3-11)12-4-6-13(18)7-5-12/h4-9,11,15,20H,2-3H2,1H3. The Kier molecular flexibility index (Phi) is 3.62. The first-order chi connectivity index (χ1) is 9.63. The lowest BCUT2D eigenvalue weighted by Gasteiger charge is -2.20. The molecule has 3 rings (SSSR count). The number of aryl methyl sites for hydroxylation is 1. The highest BCUT2D eigenvalue weighted by Gasteiger charge is 2.32. The van der Waals surface area contributed by atoms with Gasteiger partial charge in [0.2, 0.25) is 0 Å². The molecule has 2 nitrogen and oxygen atoms in total. The van der Waals surface area contributed by atoms with Crippen LogP contribution in [0.5, 0.6) is 0 Å².